The molecule has 1 unspecified atom stereocenters. The van der Waals surface area contributed by atoms with Gasteiger partial charge in [-0.15, -0.1) is 0 Å². The lowest BCUT2D eigenvalue weighted by Gasteiger charge is -2.18. The molecule has 1 atom stereocenters. The number of pyridine rings is 1. The van der Waals surface area contributed by atoms with Crippen molar-refractivity contribution in [2.45, 2.75) is 50.9 Å². The zero-order chi connectivity index (χ0) is 12.9. The van der Waals surface area contributed by atoms with E-state index in [0.717, 1.165) is 17.8 Å². The third kappa shape index (κ3) is 1.96. The van der Waals surface area contributed by atoms with Gasteiger partial charge in [0.05, 0.1) is 11.4 Å². The minimum atomic E-state index is 0.241. The summed E-state index contributed by atoms with van der Waals surface area (Å²) in [5.74, 6) is 1.07. The van der Waals surface area contributed by atoms with Crippen LogP contribution in [0.4, 0.5) is 5.69 Å². The maximum atomic E-state index is 12.5. The van der Waals surface area contributed by atoms with Crippen LogP contribution in [-0.2, 0) is 4.79 Å². The molecule has 3 fully saturated rings. The molecular weight excluding hydrogens is 236 g/mol. The van der Waals surface area contributed by atoms with E-state index in [9.17, 15) is 4.79 Å². The van der Waals surface area contributed by atoms with Crippen LogP contribution in [0.25, 0.3) is 0 Å². The highest BCUT2D eigenvalue weighted by molar-refractivity contribution is 5.94. The maximum absolute atomic E-state index is 12.5. The highest BCUT2D eigenvalue weighted by atomic mass is 16.2. The third-order valence-electron chi connectivity index (χ3n) is 5.18. The molecule has 3 aliphatic rings. The van der Waals surface area contributed by atoms with E-state index in [1.807, 2.05) is 18.3 Å². The summed E-state index contributed by atoms with van der Waals surface area (Å²) in [6.45, 7) is 0. The van der Waals surface area contributed by atoms with Crippen LogP contribution in [0, 0.1) is 11.3 Å². The van der Waals surface area contributed by atoms with Crippen molar-refractivity contribution in [1.82, 2.24) is 4.98 Å². The van der Waals surface area contributed by atoms with Gasteiger partial charge in [0.2, 0.25) is 5.91 Å². The molecule has 4 rings (SSSR count). The molecule has 1 amide bonds. The maximum Gasteiger partial charge on any atom is 0.228 e. The third-order valence-corrected chi connectivity index (χ3v) is 5.18. The minimum Gasteiger partial charge on any atom is -0.324 e. The van der Waals surface area contributed by atoms with Crippen LogP contribution in [0.2, 0.25) is 0 Å². The van der Waals surface area contributed by atoms with E-state index in [0.29, 0.717) is 11.3 Å². The fraction of sp³-hybridized carbons (Fsp3) is 0.625. The average Bonchev–Trinajstić information content (AvgIpc) is 3.29. The van der Waals surface area contributed by atoms with Crippen LogP contribution in [0.5, 0.6) is 0 Å². The van der Waals surface area contributed by atoms with Gasteiger partial charge in [-0.25, -0.2) is 0 Å². The zero-order valence-electron chi connectivity index (χ0n) is 11.2. The summed E-state index contributed by atoms with van der Waals surface area (Å²) >= 11 is 0. The number of rotatable bonds is 3. The number of amides is 1. The first-order chi connectivity index (χ1) is 9.28. The molecule has 1 spiro atoms. The summed E-state index contributed by atoms with van der Waals surface area (Å²) in [5.41, 5.74) is 2.43. The Balaban J connectivity index is 1.53. The smallest absolute Gasteiger partial charge is 0.228 e. The van der Waals surface area contributed by atoms with Gasteiger partial charge in [0.25, 0.3) is 0 Å². The van der Waals surface area contributed by atoms with Crippen molar-refractivity contribution in [3.8, 4) is 0 Å². The Hall–Kier alpha value is -1.38. The molecule has 3 saturated carbocycles. The first-order valence-electron chi connectivity index (χ1n) is 7.54. The lowest BCUT2D eigenvalue weighted by molar-refractivity contribution is -0.121. The monoisotopic (exact) mass is 256 g/mol. The van der Waals surface area contributed by atoms with Gasteiger partial charge < -0.3 is 5.32 Å². The van der Waals surface area contributed by atoms with E-state index in [-0.39, 0.29) is 11.8 Å². The number of carbonyl (C=O) groups is 1. The molecule has 19 heavy (non-hydrogen) atoms. The number of nitrogens with zero attached hydrogens (tertiary/aromatic N) is 1. The van der Waals surface area contributed by atoms with E-state index < -0.39 is 0 Å². The molecule has 0 aliphatic heterocycles. The van der Waals surface area contributed by atoms with Crippen molar-refractivity contribution in [2.24, 2.45) is 11.3 Å². The molecule has 1 N–H and O–H groups in total. The van der Waals surface area contributed by atoms with Crippen LogP contribution in [0.15, 0.2) is 18.3 Å². The Morgan fingerprint density at radius 1 is 1.26 bits per heavy atom. The lowest BCUT2D eigenvalue weighted by atomic mass is 9.92. The Morgan fingerprint density at radius 3 is 2.84 bits per heavy atom. The molecule has 1 aromatic heterocycles. The van der Waals surface area contributed by atoms with Gasteiger partial charge in [0.15, 0.2) is 0 Å². The van der Waals surface area contributed by atoms with Crippen LogP contribution in [0.1, 0.15) is 56.6 Å². The van der Waals surface area contributed by atoms with E-state index >= 15 is 0 Å². The second-order valence-electron chi connectivity index (χ2n) is 6.51. The van der Waals surface area contributed by atoms with Crippen LogP contribution in [0.3, 0.4) is 0 Å². The highest BCUT2D eigenvalue weighted by Gasteiger charge is 2.54. The highest BCUT2D eigenvalue weighted by Crippen LogP contribution is 2.61. The van der Waals surface area contributed by atoms with Crippen LogP contribution in [-0.4, -0.2) is 10.9 Å². The van der Waals surface area contributed by atoms with E-state index in [1.165, 1.54) is 38.5 Å². The molecule has 1 heterocycles. The first-order valence-corrected chi connectivity index (χ1v) is 7.54. The molecule has 1 aromatic rings. The molecule has 3 nitrogen and oxygen atoms in total. The van der Waals surface area contributed by atoms with Gasteiger partial charge >= 0.3 is 0 Å². The number of anilines is 1. The van der Waals surface area contributed by atoms with E-state index in [4.69, 9.17) is 0 Å². The summed E-state index contributed by atoms with van der Waals surface area (Å²) in [6.07, 6.45) is 10.3. The topological polar surface area (TPSA) is 42.0 Å². The van der Waals surface area contributed by atoms with Crippen molar-refractivity contribution in [3.05, 3.63) is 24.0 Å². The van der Waals surface area contributed by atoms with Gasteiger partial charge in [-0.3, -0.25) is 9.78 Å². The summed E-state index contributed by atoms with van der Waals surface area (Å²) in [7, 11) is 0. The van der Waals surface area contributed by atoms with Crippen molar-refractivity contribution in [2.75, 3.05) is 5.32 Å². The molecular formula is C16H20N2O. The average molecular weight is 256 g/mol. The van der Waals surface area contributed by atoms with Crippen LogP contribution >= 0.6 is 0 Å². The summed E-state index contributed by atoms with van der Waals surface area (Å²) in [6, 6.07) is 3.93. The Morgan fingerprint density at radius 2 is 2.11 bits per heavy atom. The summed E-state index contributed by atoms with van der Waals surface area (Å²) in [4.78, 5) is 17.0. The van der Waals surface area contributed by atoms with Crippen molar-refractivity contribution in [1.29, 1.82) is 0 Å². The Kier molecular flexibility index (Phi) is 2.44. The van der Waals surface area contributed by atoms with Gasteiger partial charge in [-0.05, 0) is 56.1 Å². The zero-order valence-corrected chi connectivity index (χ0v) is 11.2. The van der Waals surface area contributed by atoms with Crippen molar-refractivity contribution >= 4 is 11.6 Å². The van der Waals surface area contributed by atoms with Crippen LogP contribution < -0.4 is 5.32 Å². The number of nitrogens with one attached hydrogen (secondary N) is 1. The fourth-order valence-corrected chi connectivity index (χ4v) is 3.73. The first kappa shape index (κ1) is 11.4. The molecule has 3 heteroatoms. The predicted octanol–water partition coefficient (Wildman–Crippen LogP) is 3.48. The van der Waals surface area contributed by atoms with E-state index in [1.54, 1.807) is 0 Å². The van der Waals surface area contributed by atoms with Crippen molar-refractivity contribution in [3.63, 3.8) is 0 Å². The number of hydrogen-bond acceptors (Lipinski definition) is 2. The fourth-order valence-electron chi connectivity index (χ4n) is 3.73. The molecule has 0 bridgehead atoms. The van der Waals surface area contributed by atoms with Gasteiger partial charge in [0, 0.05) is 18.0 Å². The Bertz CT molecular complexity index is 517. The molecule has 100 valence electrons. The SMILES string of the molecule is O=C(Nc1cccnc1C1CC1)C1CCCC12CC2. The predicted molar refractivity (Wildman–Crippen MR) is 73.8 cm³/mol. The van der Waals surface area contributed by atoms with Gasteiger partial charge in [0.1, 0.15) is 0 Å². The summed E-state index contributed by atoms with van der Waals surface area (Å²) in [5, 5.41) is 3.17. The number of aromatic nitrogens is 1. The molecule has 0 saturated heterocycles. The quantitative estimate of drug-likeness (QED) is 0.899. The normalized spacial score (nSPS) is 27.5. The van der Waals surface area contributed by atoms with E-state index in [2.05, 4.69) is 10.3 Å². The molecule has 0 aromatic carbocycles. The Labute approximate surface area is 113 Å². The van der Waals surface area contributed by atoms with Gasteiger partial charge in [-0.2, -0.15) is 0 Å². The second kappa shape index (κ2) is 4.06. The second-order valence-corrected chi connectivity index (χ2v) is 6.51. The number of hydrogen-bond donors (Lipinski definition) is 1. The number of carbonyl (C=O) groups excluding carboxylic acids is 1. The summed E-state index contributed by atoms with van der Waals surface area (Å²) < 4.78 is 0. The minimum absolute atomic E-state index is 0.241. The molecule has 0 radical (unpaired) electrons. The standard InChI is InChI=1S/C16H20N2O/c19-15(12-3-1-7-16(12)8-9-16)18-13-4-2-10-17-14(13)11-5-6-11/h2,4,10-12H,1,3,5-9H2,(H,18,19). The van der Waals surface area contributed by atoms with Crippen molar-refractivity contribution < 1.29 is 4.79 Å². The molecule has 3 aliphatic carbocycles. The largest absolute Gasteiger partial charge is 0.324 e. The lowest BCUT2D eigenvalue weighted by Crippen LogP contribution is -2.27. The van der Waals surface area contributed by atoms with Gasteiger partial charge in [-0.1, -0.05) is 6.42 Å².